The molecular weight excluding hydrogens is 256 g/mol. The Morgan fingerprint density at radius 2 is 2.05 bits per heavy atom. The Labute approximate surface area is 122 Å². The van der Waals surface area contributed by atoms with Crippen molar-refractivity contribution in [1.82, 2.24) is 10.2 Å². The Balaban J connectivity index is 1.81. The van der Waals surface area contributed by atoms with Crippen LogP contribution in [0.3, 0.4) is 0 Å². The van der Waals surface area contributed by atoms with Crippen molar-refractivity contribution >= 4 is 5.91 Å². The van der Waals surface area contributed by atoms with E-state index in [2.05, 4.69) is 24.1 Å². The first-order valence-electron chi connectivity index (χ1n) is 7.88. The highest BCUT2D eigenvalue weighted by Crippen LogP contribution is 2.14. The summed E-state index contributed by atoms with van der Waals surface area (Å²) in [6, 6.07) is 0.407. The Kier molecular flexibility index (Phi) is 6.26. The lowest BCUT2D eigenvalue weighted by Crippen LogP contribution is -2.50. The van der Waals surface area contributed by atoms with E-state index in [1.165, 1.54) is 0 Å². The van der Waals surface area contributed by atoms with Crippen LogP contribution < -0.4 is 5.32 Å². The van der Waals surface area contributed by atoms with Gasteiger partial charge in [-0.1, -0.05) is 13.8 Å². The molecule has 0 unspecified atom stereocenters. The Morgan fingerprint density at radius 3 is 2.65 bits per heavy atom. The first-order valence-corrected chi connectivity index (χ1v) is 7.88. The molecule has 5 nitrogen and oxygen atoms in total. The first kappa shape index (κ1) is 15.7. The molecule has 0 radical (unpaired) electrons. The van der Waals surface area contributed by atoms with Crippen LogP contribution in [0, 0.1) is 5.92 Å². The fraction of sp³-hybridized carbons (Fsp3) is 0.933. The van der Waals surface area contributed by atoms with Gasteiger partial charge in [-0.3, -0.25) is 9.69 Å². The summed E-state index contributed by atoms with van der Waals surface area (Å²) in [4.78, 5) is 14.5. The summed E-state index contributed by atoms with van der Waals surface area (Å²) in [6.07, 6.45) is 2.74. The molecule has 0 bridgehead atoms. The summed E-state index contributed by atoms with van der Waals surface area (Å²) in [5, 5.41) is 3.08. The number of carbonyl (C=O) groups is 1. The minimum Gasteiger partial charge on any atom is -0.379 e. The lowest BCUT2D eigenvalue weighted by molar-refractivity contribution is -0.130. The zero-order chi connectivity index (χ0) is 14.4. The summed E-state index contributed by atoms with van der Waals surface area (Å²) in [5.74, 6) is 0.687. The Bertz CT molecular complexity index is 297. The second kappa shape index (κ2) is 7.96. The third-order valence-electron chi connectivity index (χ3n) is 4.04. The van der Waals surface area contributed by atoms with Crippen LogP contribution in [0.2, 0.25) is 0 Å². The molecule has 116 valence electrons. The number of nitrogens with zero attached hydrogens (tertiary/aromatic N) is 1. The number of morpholine rings is 1. The van der Waals surface area contributed by atoms with Gasteiger partial charge in [0, 0.05) is 32.3 Å². The molecule has 2 fully saturated rings. The van der Waals surface area contributed by atoms with Gasteiger partial charge in [-0.15, -0.1) is 0 Å². The summed E-state index contributed by atoms with van der Waals surface area (Å²) >= 11 is 0. The molecule has 20 heavy (non-hydrogen) atoms. The lowest BCUT2D eigenvalue weighted by atomic mass is 10.0. The highest BCUT2D eigenvalue weighted by atomic mass is 16.5. The standard InChI is InChI=1S/C15H28N2O3/c1-12(2)10-13(17-5-8-19-9-6-17)11-16-15(18)14-4-3-7-20-14/h12-14H,3-11H2,1-2H3,(H,16,18)/t13-,14-/m0/s1. The van der Waals surface area contributed by atoms with Crippen LogP contribution in [0.15, 0.2) is 0 Å². The molecule has 1 N–H and O–H groups in total. The van der Waals surface area contributed by atoms with Gasteiger partial charge in [0.05, 0.1) is 13.2 Å². The number of amides is 1. The van der Waals surface area contributed by atoms with Gasteiger partial charge >= 0.3 is 0 Å². The molecular formula is C15H28N2O3. The fourth-order valence-corrected chi connectivity index (χ4v) is 2.96. The Hall–Kier alpha value is -0.650. The van der Waals surface area contributed by atoms with Crippen molar-refractivity contribution in [2.45, 2.75) is 45.3 Å². The van der Waals surface area contributed by atoms with E-state index >= 15 is 0 Å². The van der Waals surface area contributed by atoms with Gasteiger partial charge in [0.15, 0.2) is 0 Å². The number of rotatable bonds is 6. The van der Waals surface area contributed by atoms with Crippen LogP contribution in [-0.2, 0) is 14.3 Å². The molecule has 0 aromatic carbocycles. The fourth-order valence-electron chi connectivity index (χ4n) is 2.96. The van der Waals surface area contributed by atoms with E-state index in [1.54, 1.807) is 0 Å². The van der Waals surface area contributed by atoms with Crippen molar-refractivity contribution in [2.24, 2.45) is 5.92 Å². The zero-order valence-electron chi connectivity index (χ0n) is 12.8. The largest absolute Gasteiger partial charge is 0.379 e. The van der Waals surface area contributed by atoms with Crippen LogP contribution in [0.25, 0.3) is 0 Å². The molecule has 2 rings (SSSR count). The normalized spacial score (nSPS) is 25.9. The Morgan fingerprint density at radius 1 is 1.30 bits per heavy atom. The van der Waals surface area contributed by atoms with Gasteiger partial charge in [-0.25, -0.2) is 0 Å². The van der Waals surface area contributed by atoms with E-state index in [0.29, 0.717) is 12.0 Å². The summed E-state index contributed by atoms with van der Waals surface area (Å²) < 4.78 is 10.8. The molecule has 0 aromatic heterocycles. The van der Waals surface area contributed by atoms with Gasteiger partial charge in [0.25, 0.3) is 0 Å². The third-order valence-corrected chi connectivity index (χ3v) is 4.04. The van der Waals surface area contributed by atoms with Gasteiger partial charge in [-0.2, -0.15) is 0 Å². The number of ether oxygens (including phenoxy) is 2. The van der Waals surface area contributed by atoms with Crippen molar-refractivity contribution in [3.05, 3.63) is 0 Å². The van der Waals surface area contributed by atoms with Gasteiger partial charge < -0.3 is 14.8 Å². The SMILES string of the molecule is CC(C)C[C@@H](CNC(=O)[C@@H]1CCCO1)N1CCOCC1. The molecule has 2 heterocycles. The molecule has 2 aliphatic heterocycles. The zero-order valence-corrected chi connectivity index (χ0v) is 12.8. The lowest BCUT2D eigenvalue weighted by Gasteiger charge is -2.35. The van der Waals surface area contributed by atoms with E-state index in [4.69, 9.17) is 9.47 Å². The molecule has 2 atom stereocenters. The van der Waals surface area contributed by atoms with E-state index in [9.17, 15) is 4.79 Å². The second-order valence-electron chi connectivity index (χ2n) is 6.18. The maximum atomic E-state index is 12.0. The minimum atomic E-state index is -0.223. The molecule has 0 spiro atoms. The highest BCUT2D eigenvalue weighted by molar-refractivity contribution is 5.80. The smallest absolute Gasteiger partial charge is 0.249 e. The van der Waals surface area contributed by atoms with E-state index in [1.807, 2.05) is 0 Å². The molecule has 2 saturated heterocycles. The topological polar surface area (TPSA) is 50.8 Å². The maximum Gasteiger partial charge on any atom is 0.249 e. The van der Waals surface area contributed by atoms with Crippen molar-refractivity contribution in [2.75, 3.05) is 39.5 Å². The van der Waals surface area contributed by atoms with Crippen molar-refractivity contribution < 1.29 is 14.3 Å². The predicted octanol–water partition coefficient (Wildman–Crippen LogP) is 1.03. The van der Waals surface area contributed by atoms with E-state index in [-0.39, 0.29) is 12.0 Å². The molecule has 5 heteroatoms. The molecule has 0 aromatic rings. The van der Waals surface area contributed by atoms with E-state index < -0.39 is 0 Å². The molecule has 0 aliphatic carbocycles. The average molecular weight is 284 g/mol. The number of hydrogen-bond donors (Lipinski definition) is 1. The van der Waals surface area contributed by atoms with Crippen LogP contribution in [0.1, 0.15) is 33.1 Å². The predicted molar refractivity (Wildman–Crippen MR) is 77.6 cm³/mol. The van der Waals surface area contributed by atoms with Crippen LogP contribution >= 0.6 is 0 Å². The second-order valence-corrected chi connectivity index (χ2v) is 6.18. The van der Waals surface area contributed by atoms with Crippen LogP contribution in [-0.4, -0.2) is 62.4 Å². The maximum absolute atomic E-state index is 12.0. The third kappa shape index (κ3) is 4.72. The van der Waals surface area contributed by atoms with Crippen LogP contribution in [0.4, 0.5) is 0 Å². The first-order chi connectivity index (χ1) is 9.66. The van der Waals surface area contributed by atoms with Crippen LogP contribution in [0.5, 0.6) is 0 Å². The monoisotopic (exact) mass is 284 g/mol. The quantitative estimate of drug-likeness (QED) is 0.791. The van der Waals surface area contributed by atoms with Gasteiger partial charge in [-0.05, 0) is 25.2 Å². The molecule has 2 aliphatic rings. The number of carbonyl (C=O) groups excluding carboxylic acids is 1. The van der Waals surface area contributed by atoms with E-state index in [0.717, 1.165) is 58.7 Å². The summed E-state index contributed by atoms with van der Waals surface area (Å²) in [5.41, 5.74) is 0. The van der Waals surface area contributed by atoms with Crippen molar-refractivity contribution in [3.63, 3.8) is 0 Å². The minimum absolute atomic E-state index is 0.0597. The van der Waals surface area contributed by atoms with Crippen molar-refractivity contribution in [1.29, 1.82) is 0 Å². The summed E-state index contributed by atoms with van der Waals surface area (Å²) in [7, 11) is 0. The number of nitrogens with one attached hydrogen (secondary N) is 1. The van der Waals surface area contributed by atoms with Crippen molar-refractivity contribution in [3.8, 4) is 0 Å². The van der Waals surface area contributed by atoms with Gasteiger partial charge in [0.1, 0.15) is 6.10 Å². The summed E-state index contributed by atoms with van der Waals surface area (Å²) in [6.45, 7) is 9.43. The molecule has 1 amide bonds. The molecule has 0 saturated carbocycles. The number of hydrogen-bond acceptors (Lipinski definition) is 4. The highest BCUT2D eigenvalue weighted by Gasteiger charge is 2.26. The van der Waals surface area contributed by atoms with Gasteiger partial charge in [0.2, 0.25) is 5.91 Å². The average Bonchev–Trinajstić information content (AvgIpc) is 2.98.